The van der Waals surface area contributed by atoms with Gasteiger partial charge in [-0.3, -0.25) is 14.5 Å². The van der Waals surface area contributed by atoms with Crippen molar-refractivity contribution in [1.82, 2.24) is 20.0 Å². The molecule has 0 radical (unpaired) electrons. The Bertz CT molecular complexity index is 1080. The molecule has 2 aromatic carbocycles. The van der Waals surface area contributed by atoms with Gasteiger partial charge < -0.3 is 19.9 Å². The van der Waals surface area contributed by atoms with E-state index < -0.39 is 29.6 Å². The van der Waals surface area contributed by atoms with E-state index in [1.165, 1.54) is 37.4 Å². The molecule has 2 aliphatic heterocycles. The van der Waals surface area contributed by atoms with Gasteiger partial charge in [0.2, 0.25) is 5.91 Å². The van der Waals surface area contributed by atoms with Crippen LogP contribution in [0.4, 0.5) is 13.2 Å². The number of rotatable bonds is 6. The number of alkyl halides is 3. The van der Waals surface area contributed by atoms with Crippen molar-refractivity contribution in [2.45, 2.75) is 31.1 Å². The molecule has 37 heavy (non-hydrogen) atoms. The number of hydrogen-bond acceptors (Lipinski definition) is 5. The van der Waals surface area contributed by atoms with Crippen LogP contribution in [0.1, 0.15) is 40.4 Å². The first-order valence-corrected chi connectivity index (χ1v) is 12.5. The zero-order valence-electron chi connectivity index (χ0n) is 21.1. The lowest BCUT2D eigenvalue weighted by atomic mass is 9.97. The molecular formula is C27H33F3N4O3. The van der Waals surface area contributed by atoms with Gasteiger partial charge in [-0.2, -0.15) is 13.2 Å². The largest absolute Gasteiger partial charge is 0.497 e. The highest BCUT2D eigenvalue weighted by Crippen LogP contribution is 2.35. The van der Waals surface area contributed by atoms with Crippen molar-refractivity contribution in [3.8, 4) is 5.75 Å². The van der Waals surface area contributed by atoms with Crippen molar-refractivity contribution in [2.75, 3.05) is 53.4 Å². The molecule has 2 amide bonds. The van der Waals surface area contributed by atoms with Crippen LogP contribution in [0.5, 0.6) is 5.75 Å². The van der Waals surface area contributed by atoms with Crippen LogP contribution in [0.2, 0.25) is 0 Å². The molecule has 10 heteroatoms. The quantitative estimate of drug-likeness (QED) is 0.635. The molecule has 2 saturated heterocycles. The minimum Gasteiger partial charge on any atom is -0.497 e. The number of amides is 2. The highest BCUT2D eigenvalue weighted by Gasteiger charge is 2.39. The van der Waals surface area contributed by atoms with E-state index >= 15 is 0 Å². The van der Waals surface area contributed by atoms with E-state index in [0.29, 0.717) is 38.0 Å². The van der Waals surface area contributed by atoms with E-state index in [9.17, 15) is 22.8 Å². The Kier molecular flexibility index (Phi) is 8.39. The fourth-order valence-corrected chi connectivity index (χ4v) is 5.09. The first-order valence-electron chi connectivity index (χ1n) is 12.5. The SMILES string of the molecule is COc1ccc(C(=O)N[C@H](C(=O)N2CCN(C3CCN(C)CC3)CC2)c2ccccc2C(F)(F)F)cc1. The summed E-state index contributed by atoms with van der Waals surface area (Å²) in [5.41, 5.74) is -0.983. The van der Waals surface area contributed by atoms with Crippen LogP contribution in [0, 0.1) is 0 Å². The highest BCUT2D eigenvalue weighted by molar-refractivity contribution is 5.98. The maximum Gasteiger partial charge on any atom is 0.416 e. The Hall–Kier alpha value is -3.11. The summed E-state index contributed by atoms with van der Waals surface area (Å²) in [6.45, 7) is 4.15. The molecule has 2 aliphatic rings. The Morgan fingerprint density at radius 3 is 2.16 bits per heavy atom. The average molecular weight is 519 g/mol. The number of piperazine rings is 1. The Balaban J connectivity index is 1.54. The lowest BCUT2D eigenvalue weighted by Crippen LogP contribution is -2.55. The number of carbonyl (C=O) groups is 2. The van der Waals surface area contributed by atoms with Crippen LogP contribution in [-0.2, 0) is 11.0 Å². The van der Waals surface area contributed by atoms with Crippen LogP contribution in [0.3, 0.4) is 0 Å². The molecule has 7 nitrogen and oxygen atoms in total. The van der Waals surface area contributed by atoms with Gasteiger partial charge in [0.25, 0.3) is 5.91 Å². The minimum absolute atomic E-state index is 0.218. The Labute approximate surface area is 215 Å². The molecule has 1 N–H and O–H groups in total. The molecule has 0 aliphatic carbocycles. The predicted octanol–water partition coefficient (Wildman–Crippen LogP) is 3.42. The second-order valence-electron chi connectivity index (χ2n) is 9.62. The number of ether oxygens (including phenoxy) is 1. The molecule has 1 atom stereocenters. The minimum atomic E-state index is -4.67. The molecule has 2 fully saturated rings. The number of halogens is 3. The normalized spacial score (nSPS) is 18.9. The van der Waals surface area contributed by atoms with Crippen molar-refractivity contribution in [3.05, 3.63) is 65.2 Å². The smallest absolute Gasteiger partial charge is 0.416 e. The van der Waals surface area contributed by atoms with E-state index in [4.69, 9.17) is 4.74 Å². The van der Waals surface area contributed by atoms with Crippen LogP contribution in [0.15, 0.2) is 48.5 Å². The van der Waals surface area contributed by atoms with E-state index in [1.54, 1.807) is 17.0 Å². The second kappa shape index (κ2) is 11.5. The molecule has 2 aromatic rings. The number of likely N-dealkylation sites (tertiary alicyclic amines) is 1. The van der Waals surface area contributed by atoms with Gasteiger partial charge in [0.05, 0.1) is 12.7 Å². The zero-order chi connectivity index (χ0) is 26.6. The third-order valence-corrected chi connectivity index (χ3v) is 7.28. The number of piperidine rings is 1. The summed E-state index contributed by atoms with van der Waals surface area (Å²) in [7, 11) is 3.59. The standard InChI is InChI=1S/C27H33F3N4O3/c1-32-13-11-20(12-14-32)33-15-17-34(18-16-33)26(36)24(22-5-3-4-6-23(22)27(28,29)30)31-25(35)19-7-9-21(37-2)10-8-19/h3-10,20,24H,11-18H2,1-2H3,(H,31,35)/t24-/m0/s1. The van der Waals surface area contributed by atoms with Gasteiger partial charge in [-0.25, -0.2) is 0 Å². The number of hydrogen-bond donors (Lipinski definition) is 1. The molecular weight excluding hydrogens is 485 g/mol. The van der Waals surface area contributed by atoms with E-state index in [2.05, 4.69) is 22.2 Å². The number of nitrogens with one attached hydrogen (secondary N) is 1. The number of nitrogens with zero attached hydrogens (tertiary/aromatic N) is 3. The molecule has 0 aromatic heterocycles. The predicted molar refractivity (Wildman–Crippen MR) is 133 cm³/mol. The molecule has 0 bridgehead atoms. The van der Waals surface area contributed by atoms with Crippen LogP contribution in [-0.4, -0.2) is 86.0 Å². The van der Waals surface area contributed by atoms with Gasteiger partial charge in [-0.05, 0) is 68.9 Å². The van der Waals surface area contributed by atoms with Gasteiger partial charge in [0.1, 0.15) is 11.8 Å². The van der Waals surface area contributed by atoms with Gasteiger partial charge in [0.15, 0.2) is 0 Å². The summed E-state index contributed by atoms with van der Waals surface area (Å²) >= 11 is 0. The van der Waals surface area contributed by atoms with E-state index in [1.807, 2.05) is 0 Å². The molecule has 0 unspecified atom stereocenters. The number of methoxy groups -OCH3 is 1. The van der Waals surface area contributed by atoms with Crippen LogP contribution >= 0.6 is 0 Å². The summed E-state index contributed by atoms with van der Waals surface area (Å²) in [5, 5.41) is 2.59. The number of carbonyl (C=O) groups excluding carboxylic acids is 2. The second-order valence-corrected chi connectivity index (χ2v) is 9.62. The maximum absolute atomic E-state index is 13.9. The van der Waals surface area contributed by atoms with Crippen molar-refractivity contribution in [1.29, 1.82) is 0 Å². The maximum atomic E-state index is 13.9. The monoisotopic (exact) mass is 518 g/mol. The Morgan fingerprint density at radius 1 is 0.946 bits per heavy atom. The highest BCUT2D eigenvalue weighted by atomic mass is 19.4. The third-order valence-electron chi connectivity index (χ3n) is 7.28. The lowest BCUT2D eigenvalue weighted by molar-refractivity contribution is -0.140. The summed E-state index contributed by atoms with van der Waals surface area (Å²) in [5.74, 6) is -0.640. The van der Waals surface area contributed by atoms with Crippen LogP contribution in [0.25, 0.3) is 0 Å². The van der Waals surface area contributed by atoms with Crippen molar-refractivity contribution < 1.29 is 27.5 Å². The summed E-state index contributed by atoms with van der Waals surface area (Å²) < 4.78 is 46.7. The summed E-state index contributed by atoms with van der Waals surface area (Å²) in [6, 6.07) is 10.1. The lowest BCUT2D eigenvalue weighted by Gasteiger charge is -2.43. The topological polar surface area (TPSA) is 65.1 Å². The van der Waals surface area contributed by atoms with Gasteiger partial charge in [0, 0.05) is 37.8 Å². The van der Waals surface area contributed by atoms with Gasteiger partial charge in [-0.15, -0.1) is 0 Å². The summed E-state index contributed by atoms with van der Waals surface area (Å²) in [6.07, 6.45) is -2.55. The summed E-state index contributed by atoms with van der Waals surface area (Å²) in [4.78, 5) is 32.9. The molecule has 2 heterocycles. The van der Waals surface area contributed by atoms with Crippen molar-refractivity contribution in [3.63, 3.8) is 0 Å². The average Bonchev–Trinajstić information content (AvgIpc) is 2.91. The molecule has 0 saturated carbocycles. The Morgan fingerprint density at radius 2 is 1.57 bits per heavy atom. The van der Waals surface area contributed by atoms with E-state index in [-0.39, 0.29) is 11.1 Å². The fraction of sp³-hybridized carbons (Fsp3) is 0.481. The van der Waals surface area contributed by atoms with Crippen molar-refractivity contribution >= 4 is 11.8 Å². The molecule has 4 rings (SSSR count). The van der Waals surface area contributed by atoms with E-state index in [0.717, 1.165) is 32.0 Å². The van der Waals surface area contributed by atoms with Gasteiger partial charge in [-0.1, -0.05) is 18.2 Å². The first-order chi connectivity index (χ1) is 17.7. The molecule has 0 spiro atoms. The van der Waals surface area contributed by atoms with Crippen LogP contribution < -0.4 is 10.1 Å². The van der Waals surface area contributed by atoms with Crippen molar-refractivity contribution in [2.24, 2.45) is 0 Å². The first kappa shape index (κ1) is 26.9. The zero-order valence-corrected chi connectivity index (χ0v) is 21.1. The molecule has 200 valence electrons. The number of benzene rings is 2. The third kappa shape index (κ3) is 6.42. The fourth-order valence-electron chi connectivity index (χ4n) is 5.09. The van der Waals surface area contributed by atoms with Gasteiger partial charge >= 0.3 is 6.18 Å².